The second-order valence-electron chi connectivity index (χ2n) is 6.82. The molecule has 2 aromatic carbocycles. The third-order valence-corrected chi connectivity index (χ3v) is 4.45. The van der Waals surface area contributed by atoms with Gasteiger partial charge in [0.05, 0.1) is 25.3 Å². The minimum Gasteiger partial charge on any atom is -0.484 e. The van der Waals surface area contributed by atoms with Crippen molar-refractivity contribution in [3.63, 3.8) is 0 Å². The van der Waals surface area contributed by atoms with Gasteiger partial charge in [-0.3, -0.25) is 4.79 Å². The fourth-order valence-electron chi connectivity index (χ4n) is 2.87. The molecule has 0 spiro atoms. The van der Waals surface area contributed by atoms with Crippen molar-refractivity contribution in [2.45, 2.75) is 26.8 Å². The largest absolute Gasteiger partial charge is 0.484 e. The molecule has 0 aliphatic rings. The van der Waals surface area contributed by atoms with E-state index in [9.17, 15) is 14.4 Å². The van der Waals surface area contributed by atoms with Gasteiger partial charge in [-0.15, -0.1) is 0 Å². The van der Waals surface area contributed by atoms with Crippen LogP contribution in [0.1, 0.15) is 45.2 Å². The number of amides is 1. The van der Waals surface area contributed by atoms with E-state index in [1.807, 2.05) is 38.1 Å². The zero-order valence-corrected chi connectivity index (χ0v) is 17.8. The van der Waals surface area contributed by atoms with Crippen LogP contribution in [0.5, 0.6) is 5.75 Å². The third kappa shape index (κ3) is 6.34. The fourth-order valence-corrected chi connectivity index (χ4v) is 2.87. The van der Waals surface area contributed by atoms with Crippen LogP contribution in [-0.4, -0.2) is 50.1 Å². The van der Waals surface area contributed by atoms with Crippen LogP contribution >= 0.6 is 0 Å². The predicted molar refractivity (Wildman–Crippen MR) is 112 cm³/mol. The Morgan fingerprint density at radius 3 is 1.97 bits per heavy atom. The Bertz CT molecular complexity index is 857. The Morgan fingerprint density at radius 1 is 0.900 bits per heavy atom. The summed E-state index contributed by atoms with van der Waals surface area (Å²) in [5.74, 6) is -1.23. The third-order valence-electron chi connectivity index (χ3n) is 4.45. The van der Waals surface area contributed by atoms with Crippen LogP contribution in [0.15, 0.2) is 42.5 Å². The molecule has 0 unspecified atom stereocenters. The molecule has 160 valence electrons. The molecule has 0 heterocycles. The summed E-state index contributed by atoms with van der Waals surface area (Å²) in [6.07, 6.45) is 0.807. The molecule has 0 fully saturated rings. The molecule has 7 nitrogen and oxygen atoms in total. The number of ether oxygens (including phenoxy) is 3. The van der Waals surface area contributed by atoms with Gasteiger partial charge in [0.15, 0.2) is 6.61 Å². The van der Waals surface area contributed by atoms with E-state index in [1.54, 1.807) is 4.90 Å². The maximum atomic E-state index is 12.7. The second kappa shape index (κ2) is 11.0. The average Bonchev–Trinajstić information content (AvgIpc) is 2.77. The number of rotatable bonds is 9. The molecule has 0 aliphatic carbocycles. The van der Waals surface area contributed by atoms with Crippen molar-refractivity contribution in [1.29, 1.82) is 0 Å². The molecule has 0 atom stereocenters. The van der Waals surface area contributed by atoms with Crippen LogP contribution in [0.4, 0.5) is 0 Å². The number of hydrogen-bond acceptors (Lipinski definition) is 6. The number of carbonyl (C=O) groups is 3. The first-order valence-corrected chi connectivity index (χ1v) is 9.65. The molecule has 1 amide bonds. The minimum absolute atomic E-state index is 0.132. The summed E-state index contributed by atoms with van der Waals surface area (Å²) in [7, 11) is 2.48. The van der Waals surface area contributed by atoms with Crippen molar-refractivity contribution in [3.8, 4) is 5.75 Å². The summed E-state index contributed by atoms with van der Waals surface area (Å²) >= 11 is 0. The normalized spacial score (nSPS) is 10.3. The lowest BCUT2D eigenvalue weighted by atomic mass is 10.1. The molecule has 0 aromatic heterocycles. The van der Waals surface area contributed by atoms with Crippen molar-refractivity contribution >= 4 is 17.8 Å². The summed E-state index contributed by atoms with van der Waals surface area (Å²) in [5.41, 5.74) is 2.45. The molecule has 0 bridgehead atoms. The zero-order valence-electron chi connectivity index (χ0n) is 17.8. The smallest absolute Gasteiger partial charge is 0.338 e. The van der Waals surface area contributed by atoms with Gasteiger partial charge in [0.25, 0.3) is 5.91 Å². The molecule has 0 N–H and O–H groups in total. The van der Waals surface area contributed by atoms with E-state index in [1.165, 1.54) is 32.4 Å². The minimum atomic E-state index is -0.621. The maximum absolute atomic E-state index is 12.7. The summed E-state index contributed by atoms with van der Waals surface area (Å²) < 4.78 is 15.0. The van der Waals surface area contributed by atoms with Crippen LogP contribution < -0.4 is 4.74 Å². The van der Waals surface area contributed by atoms with Crippen molar-refractivity contribution in [1.82, 2.24) is 4.90 Å². The van der Waals surface area contributed by atoms with Gasteiger partial charge in [0.1, 0.15) is 5.75 Å². The second-order valence-corrected chi connectivity index (χ2v) is 6.82. The summed E-state index contributed by atoms with van der Waals surface area (Å²) in [6.45, 7) is 4.85. The first kappa shape index (κ1) is 22.9. The number of nitrogens with zero attached hydrogens (tertiary/aromatic N) is 1. The lowest BCUT2D eigenvalue weighted by molar-refractivity contribution is -0.134. The van der Waals surface area contributed by atoms with Gasteiger partial charge in [0.2, 0.25) is 0 Å². The summed E-state index contributed by atoms with van der Waals surface area (Å²) in [6, 6.07) is 12.2. The average molecular weight is 413 g/mol. The number of benzene rings is 2. The lowest BCUT2D eigenvalue weighted by Crippen LogP contribution is -2.35. The highest BCUT2D eigenvalue weighted by atomic mass is 16.5. The highest BCUT2D eigenvalue weighted by Crippen LogP contribution is 2.19. The van der Waals surface area contributed by atoms with E-state index >= 15 is 0 Å². The van der Waals surface area contributed by atoms with Gasteiger partial charge in [-0.05, 0) is 37.1 Å². The van der Waals surface area contributed by atoms with Crippen molar-refractivity contribution < 1.29 is 28.6 Å². The molecule has 2 rings (SSSR count). The van der Waals surface area contributed by atoms with Crippen molar-refractivity contribution in [2.24, 2.45) is 0 Å². The molecule has 0 saturated heterocycles. The summed E-state index contributed by atoms with van der Waals surface area (Å²) in [4.78, 5) is 38.2. The van der Waals surface area contributed by atoms with E-state index in [0.717, 1.165) is 17.5 Å². The Hall–Kier alpha value is -3.35. The standard InChI is InChI=1S/C23H27NO6/c1-5-10-24(14-17-8-6-16(2)7-9-17)21(25)15-30-20-12-18(22(26)28-3)11-19(13-20)23(27)29-4/h6-9,11-13H,5,10,14-15H2,1-4H3. The van der Waals surface area contributed by atoms with E-state index in [4.69, 9.17) is 14.2 Å². The van der Waals surface area contributed by atoms with Crippen LogP contribution in [0.2, 0.25) is 0 Å². The zero-order chi connectivity index (χ0) is 22.1. The highest BCUT2D eigenvalue weighted by molar-refractivity contribution is 5.96. The van der Waals surface area contributed by atoms with Gasteiger partial charge < -0.3 is 19.1 Å². The van der Waals surface area contributed by atoms with Crippen molar-refractivity contribution in [2.75, 3.05) is 27.4 Å². The van der Waals surface area contributed by atoms with Gasteiger partial charge in [-0.2, -0.15) is 0 Å². The summed E-state index contributed by atoms with van der Waals surface area (Å²) in [5, 5.41) is 0. The molecule has 2 aromatic rings. The molecular formula is C23H27NO6. The van der Waals surface area contributed by atoms with Gasteiger partial charge in [-0.25, -0.2) is 9.59 Å². The van der Waals surface area contributed by atoms with Crippen LogP contribution in [0.25, 0.3) is 0 Å². The van der Waals surface area contributed by atoms with Crippen LogP contribution in [-0.2, 0) is 20.8 Å². The molecule has 0 aliphatic heterocycles. The van der Waals surface area contributed by atoms with E-state index in [0.29, 0.717) is 13.1 Å². The predicted octanol–water partition coefficient (Wildman–Crippen LogP) is 3.39. The first-order chi connectivity index (χ1) is 14.4. The highest BCUT2D eigenvalue weighted by Gasteiger charge is 2.17. The Balaban J connectivity index is 2.14. The Kier molecular flexibility index (Phi) is 8.41. The topological polar surface area (TPSA) is 82.1 Å². The van der Waals surface area contributed by atoms with E-state index < -0.39 is 11.9 Å². The van der Waals surface area contributed by atoms with Gasteiger partial charge in [-0.1, -0.05) is 36.8 Å². The van der Waals surface area contributed by atoms with Gasteiger partial charge in [0, 0.05) is 13.1 Å². The number of carbonyl (C=O) groups excluding carboxylic acids is 3. The maximum Gasteiger partial charge on any atom is 0.338 e. The van der Waals surface area contributed by atoms with Crippen molar-refractivity contribution in [3.05, 3.63) is 64.7 Å². The fraction of sp³-hybridized carbons (Fsp3) is 0.348. The van der Waals surface area contributed by atoms with E-state index in [2.05, 4.69) is 0 Å². The Labute approximate surface area is 176 Å². The quantitative estimate of drug-likeness (QED) is 0.586. The van der Waals surface area contributed by atoms with Gasteiger partial charge >= 0.3 is 11.9 Å². The lowest BCUT2D eigenvalue weighted by Gasteiger charge is -2.22. The molecule has 30 heavy (non-hydrogen) atoms. The molecule has 0 saturated carbocycles. The molecule has 7 heteroatoms. The number of esters is 2. The molecular weight excluding hydrogens is 386 g/mol. The number of aryl methyl sites for hydroxylation is 1. The molecule has 0 radical (unpaired) electrons. The first-order valence-electron chi connectivity index (χ1n) is 9.65. The SMILES string of the molecule is CCCN(Cc1ccc(C)cc1)C(=O)COc1cc(C(=O)OC)cc(C(=O)OC)c1. The number of methoxy groups -OCH3 is 2. The monoisotopic (exact) mass is 413 g/mol. The number of hydrogen-bond donors (Lipinski definition) is 0. The van der Waals surface area contributed by atoms with Crippen LogP contribution in [0, 0.1) is 6.92 Å². The van der Waals surface area contributed by atoms with Crippen LogP contribution in [0.3, 0.4) is 0 Å². The Morgan fingerprint density at radius 2 is 1.47 bits per heavy atom. The van der Waals surface area contributed by atoms with E-state index in [-0.39, 0.29) is 29.4 Å².